The van der Waals surface area contributed by atoms with E-state index in [1.807, 2.05) is 23.9 Å². The SMILES string of the molecule is CCc1cc(CC(CBr)Cc2ccc(Cl)cc2)n(C)n1. The van der Waals surface area contributed by atoms with Gasteiger partial charge in [-0.2, -0.15) is 5.10 Å². The smallest absolute Gasteiger partial charge is 0.0624 e. The van der Waals surface area contributed by atoms with Crippen molar-refractivity contribution in [3.05, 3.63) is 52.3 Å². The third-order valence-electron chi connectivity index (χ3n) is 3.54. The highest BCUT2D eigenvalue weighted by molar-refractivity contribution is 9.09. The summed E-state index contributed by atoms with van der Waals surface area (Å²) in [7, 11) is 2.03. The Morgan fingerprint density at radius 3 is 2.50 bits per heavy atom. The molecule has 0 N–H and O–H groups in total. The summed E-state index contributed by atoms with van der Waals surface area (Å²) >= 11 is 9.57. The van der Waals surface area contributed by atoms with E-state index in [2.05, 4.69) is 46.2 Å². The van der Waals surface area contributed by atoms with E-state index in [-0.39, 0.29) is 0 Å². The van der Waals surface area contributed by atoms with Crippen molar-refractivity contribution in [1.82, 2.24) is 9.78 Å². The van der Waals surface area contributed by atoms with Gasteiger partial charge < -0.3 is 0 Å². The first-order valence-corrected chi connectivity index (χ1v) is 8.44. The van der Waals surface area contributed by atoms with E-state index in [0.29, 0.717) is 5.92 Å². The third-order valence-corrected chi connectivity index (χ3v) is 4.71. The fourth-order valence-corrected chi connectivity index (χ4v) is 2.95. The molecule has 1 aromatic heterocycles. The Balaban J connectivity index is 2.04. The van der Waals surface area contributed by atoms with Gasteiger partial charge in [-0.05, 0) is 48.9 Å². The average molecular weight is 356 g/mol. The minimum absolute atomic E-state index is 0.566. The van der Waals surface area contributed by atoms with Gasteiger partial charge in [-0.25, -0.2) is 0 Å². The maximum absolute atomic E-state index is 5.93. The van der Waals surface area contributed by atoms with Crippen LogP contribution in [0.5, 0.6) is 0 Å². The molecule has 0 aliphatic carbocycles. The Labute approximate surface area is 134 Å². The molecular formula is C16H20BrClN2. The van der Waals surface area contributed by atoms with Crippen molar-refractivity contribution in [3.63, 3.8) is 0 Å². The van der Waals surface area contributed by atoms with E-state index in [4.69, 9.17) is 11.6 Å². The normalized spacial score (nSPS) is 12.6. The van der Waals surface area contributed by atoms with Gasteiger partial charge in [0.15, 0.2) is 0 Å². The Morgan fingerprint density at radius 2 is 1.95 bits per heavy atom. The monoisotopic (exact) mass is 354 g/mol. The molecule has 0 spiro atoms. The average Bonchev–Trinajstić information content (AvgIpc) is 2.81. The number of hydrogen-bond acceptors (Lipinski definition) is 1. The Morgan fingerprint density at radius 1 is 1.25 bits per heavy atom. The van der Waals surface area contributed by atoms with Crippen LogP contribution in [0.4, 0.5) is 0 Å². The van der Waals surface area contributed by atoms with Crippen LogP contribution >= 0.6 is 27.5 Å². The first kappa shape index (κ1) is 15.6. The van der Waals surface area contributed by atoms with E-state index in [1.54, 1.807) is 0 Å². The molecule has 0 aliphatic heterocycles. The summed E-state index contributed by atoms with van der Waals surface area (Å²) in [5.74, 6) is 0.566. The first-order chi connectivity index (χ1) is 9.62. The molecule has 0 saturated heterocycles. The lowest BCUT2D eigenvalue weighted by Crippen LogP contribution is -2.12. The number of aromatic nitrogens is 2. The predicted octanol–water partition coefficient (Wildman–Crippen LogP) is 4.43. The molecule has 20 heavy (non-hydrogen) atoms. The number of nitrogens with zero attached hydrogens (tertiary/aromatic N) is 2. The van der Waals surface area contributed by atoms with Crippen molar-refractivity contribution in [2.75, 3.05) is 5.33 Å². The quantitative estimate of drug-likeness (QED) is 0.701. The van der Waals surface area contributed by atoms with E-state index in [9.17, 15) is 0 Å². The summed E-state index contributed by atoms with van der Waals surface area (Å²) in [6.07, 6.45) is 3.08. The van der Waals surface area contributed by atoms with Crippen molar-refractivity contribution in [3.8, 4) is 0 Å². The Bertz CT molecular complexity index is 548. The standard InChI is InChI=1S/C16H20BrClN2/c1-3-15-10-16(20(2)19-15)9-13(11-17)8-12-4-6-14(18)7-5-12/h4-7,10,13H,3,8-9,11H2,1-2H3. The molecule has 4 heteroatoms. The van der Waals surface area contributed by atoms with Gasteiger partial charge in [0.1, 0.15) is 0 Å². The second-order valence-electron chi connectivity index (χ2n) is 5.16. The molecule has 2 rings (SSSR count). The van der Waals surface area contributed by atoms with Crippen molar-refractivity contribution in [1.29, 1.82) is 0 Å². The maximum Gasteiger partial charge on any atom is 0.0624 e. The summed E-state index contributed by atoms with van der Waals surface area (Å²) in [6, 6.07) is 10.4. The number of benzene rings is 1. The minimum Gasteiger partial charge on any atom is -0.272 e. The molecule has 0 amide bonds. The van der Waals surface area contributed by atoms with Crippen molar-refractivity contribution >= 4 is 27.5 Å². The van der Waals surface area contributed by atoms with Crippen LogP contribution in [-0.2, 0) is 26.3 Å². The Hall–Kier alpha value is -0.800. The minimum atomic E-state index is 0.566. The van der Waals surface area contributed by atoms with Gasteiger partial charge in [-0.3, -0.25) is 4.68 Å². The lowest BCUT2D eigenvalue weighted by atomic mass is 9.96. The predicted molar refractivity (Wildman–Crippen MR) is 88.7 cm³/mol. The zero-order valence-corrected chi connectivity index (χ0v) is 14.3. The van der Waals surface area contributed by atoms with Gasteiger partial charge in [-0.15, -0.1) is 0 Å². The van der Waals surface area contributed by atoms with E-state index < -0.39 is 0 Å². The van der Waals surface area contributed by atoms with Gasteiger partial charge in [0.05, 0.1) is 5.69 Å². The molecular weight excluding hydrogens is 336 g/mol. The molecule has 1 atom stereocenters. The molecule has 0 saturated carbocycles. The van der Waals surface area contributed by atoms with Crippen molar-refractivity contribution in [2.24, 2.45) is 13.0 Å². The van der Waals surface area contributed by atoms with Crippen LogP contribution < -0.4 is 0 Å². The highest BCUT2D eigenvalue weighted by Crippen LogP contribution is 2.19. The summed E-state index contributed by atoms with van der Waals surface area (Å²) in [5, 5.41) is 6.30. The highest BCUT2D eigenvalue weighted by atomic mass is 79.9. The van der Waals surface area contributed by atoms with Gasteiger partial charge in [-0.1, -0.05) is 46.6 Å². The molecule has 1 aromatic carbocycles. The molecule has 0 fully saturated rings. The van der Waals surface area contributed by atoms with Crippen LogP contribution in [0, 0.1) is 5.92 Å². The fourth-order valence-electron chi connectivity index (χ4n) is 2.37. The number of hydrogen-bond donors (Lipinski definition) is 0. The fraction of sp³-hybridized carbons (Fsp3) is 0.438. The van der Waals surface area contributed by atoms with Crippen LogP contribution in [0.2, 0.25) is 5.02 Å². The number of rotatable bonds is 6. The van der Waals surface area contributed by atoms with E-state index >= 15 is 0 Å². The van der Waals surface area contributed by atoms with E-state index in [0.717, 1.165) is 29.6 Å². The molecule has 0 bridgehead atoms. The van der Waals surface area contributed by atoms with Crippen LogP contribution in [0.25, 0.3) is 0 Å². The summed E-state index contributed by atoms with van der Waals surface area (Å²) in [5.41, 5.74) is 3.80. The molecule has 2 aromatic rings. The molecule has 0 radical (unpaired) electrons. The van der Waals surface area contributed by atoms with Crippen LogP contribution in [0.1, 0.15) is 23.9 Å². The largest absolute Gasteiger partial charge is 0.272 e. The molecule has 1 heterocycles. The number of halogens is 2. The zero-order chi connectivity index (χ0) is 14.5. The second kappa shape index (κ2) is 7.28. The first-order valence-electron chi connectivity index (χ1n) is 6.94. The van der Waals surface area contributed by atoms with Crippen molar-refractivity contribution < 1.29 is 0 Å². The maximum atomic E-state index is 5.93. The molecule has 1 unspecified atom stereocenters. The van der Waals surface area contributed by atoms with Crippen LogP contribution in [0.3, 0.4) is 0 Å². The Kier molecular flexibility index (Phi) is 5.67. The lowest BCUT2D eigenvalue weighted by molar-refractivity contribution is 0.556. The molecule has 2 nitrogen and oxygen atoms in total. The zero-order valence-electron chi connectivity index (χ0n) is 11.9. The number of aryl methyl sites for hydroxylation is 2. The van der Waals surface area contributed by atoms with Crippen LogP contribution in [0.15, 0.2) is 30.3 Å². The highest BCUT2D eigenvalue weighted by Gasteiger charge is 2.13. The number of alkyl halides is 1. The molecule has 0 aliphatic rings. The topological polar surface area (TPSA) is 17.8 Å². The van der Waals surface area contributed by atoms with E-state index in [1.165, 1.54) is 17.0 Å². The van der Waals surface area contributed by atoms with Gasteiger partial charge >= 0.3 is 0 Å². The summed E-state index contributed by atoms with van der Waals surface area (Å²) < 4.78 is 2.01. The van der Waals surface area contributed by atoms with Gasteiger partial charge in [0, 0.05) is 23.1 Å². The van der Waals surface area contributed by atoms with Crippen LogP contribution in [-0.4, -0.2) is 15.1 Å². The second-order valence-corrected chi connectivity index (χ2v) is 6.24. The third kappa shape index (κ3) is 4.10. The summed E-state index contributed by atoms with van der Waals surface area (Å²) in [6.45, 7) is 2.14. The van der Waals surface area contributed by atoms with Gasteiger partial charge in [0.25, 0.3) is 0 Å². The molecule has 108 valence electrons. The van der Waals surface area contributed by atoms with Crippen molar-refractivity contribution in [2.45, 2.75) is 26.2 Å². The summed E-state index contributed by atoms with van der Waals surface area (Å²) in [4.78, 5) is 0. The van der Waals surface area contributed by atoms with Gasteiger partial charge in [0.2, 0.25) is 0 Å². The lowest BCUT2D eigenvalue weighted by Gasteiger charge is -2.14.